The number of fused-ring (bicyclic) bond motifs is 4. The van der Waals surface area contributed by atoms with Crippen LogP contribution in [0.2, 0.25) is 0 Å². The predicted molar refractivity (Wildman–Crippen MR) is 195 cm³/mol. The van der Waals surface area contributed by atoms with Gasteiger partial charge in [0.05, 0.1) is 30.4 Å². The van der Waals surface area contributed by atoms with Gasteiger partial charge in [-0.2, -0.15) is 0 Å². The van der Waals surface area contributed by atoms with Crippen LogP contribution in [0.25, 0.3) is 41.6 Å². The highest BCUT2D eigenvalue weighted by Gasteiger charge is 2.27. The summed E-state index contributed by atoms with van der Waals surface area (Å²) in [4.78, 5) is 14.9. The van der Waals surface area contributed by atoms with E-state index in [0.717, 1.165) is 79.0 Å². The van der Waals surface area contributed by atoms with Crippen molar-refractivity contribution in [2.24, 2.45) is 0 Å². The van der Waals surface area contributed by atoms with Gasteiger partial charge < -0.3 is 16.8 Å². The largest absolute Gasteiger partial charge is 0.390 e. The van der Waals surface area contributed by atoms with Crippen LogP contribution >= 0.6 is 77.2 Å². The lowest BCUT2D eigenvalue weighted by atomic mass is 10.0. The number of halogens is 2. The molecule has 0 fully saturated rings. The maximum absolute atomic E-state index is 6.38. The molecule has 0 saturated carbocycles. The Labute approximate surface area is 283 Å². The predicted octanol–water partition coefficient (Wildman–Crippen LogP) is 9.15. The molecule has 0 saturated heterocycles. The van der Waals surface area contributed by atoms with Crippen LogP contribution in [0.4, 0.5) is 10.0 Å². The van der Waals surface area contributed by atoms with Gasteiger partial charge in [-0.3, -0.25) is 4.90 Å². The molecule has 12 heteroatoms. The summed E-state index contributed by atoms with van der Waals surface area (Å²) in [6, 6.07) is 13.1. The number of thiophene rings is 2. The highest BCUT2D eigenvalue weighted by molar-refractivity contribution is 9.10. The molecule has 0 spiro atoms. The van der Waals surface area contributed by atoms with Gasteiger partial charge in [-0.15, -0.1) is 45.3 Å². The zero-order valence-electron chi connectivity index (χ0n) is 23.7. The van der Waals surface area contributed by atoms with Gasteiger partial charge >= 0.3 is 0 Å². The molecule has 5 N–H and O–H groups in total. The Bertz CT molecular complexity index is 1970. The summed E-state index contributed by atoms with van der Waals surface area (Å²) in [5, 5.41) is 7.33. The molecule has 0 unspecified atom stereocenters. The molecule has 0 amide bonds. The van der Waals surface area contributed by atoms with Crippen LogP contribution in [0, 0.1) is 0 Å². The van der Waals surface area contributed by atoms with Crippen LogP contribution in [-0.4, -0.2) is 34.0 Å². The number of benzene rings is 2. The summed E-state index contributed by atoms with van der Waals surface area (Å²) in [5.74, 6) is 0. The molecule has 0 atom stereocenters. The monoisotopic (exact) mass is 772 g/mol. The van der Waals surface area contributed by atoms with Crippen molar-refractivity contribution >= 4 is 108 Å². The Kier molecular flexibility index (Phi) is 8.40. The van der Waals surface area contributed by atoms with Crippen molar-refractivity contribution in [1.29, 1.82) is 0 Å². The van der Waals surface area contributed by atoms with Crippen molar-refractivity contribution in [1.82, 2.24) is 20.2 Å². The van der Waals surface area contributed by atoms with E-state index >= 15 is 0 Å². The summed E-state index contributed by atoms with van der Waals surface area (Å²) in [5.41, 5.74) is 19.9. The van der Waals surface area contributed by atoms with E-state index in [2.05, 4.69) is 92.3 Å². The standard InChI is InChI=1S/C17H18BrN3S2.C14H12BrN3S2/c1-9(2)21-6-5-11-14(8-21)22-16(19)15(11)17-20-12-7-10(18)3-4-13(12)23-17;15-7-1-2-10-9(5-7)18-14(20-10)12-8-3-4-17-6-11(8)19-13(12)16/h3-4,7,9H,5-6,8,19H2,1-2H3;1-2,5,17H,3-4,6,16H2. The first-order valence-electron chi connectivity index (χ1n) is 14.1. The molecule has 0 radical (unpaired) electrons. The quantitative estimate of drug-likeness (QED) is 0.166. The molecule has 6 heterocycles. The van der Waals surface area contributed by atoms with E-state index in [4.69, 9.17) is 21.4 Å². The minimum Gasteiger partial charge on any atom is -0.390 e. The van der Waals surface area contributed by atoms with Gasteiger partial charge in [0, 0.05) is 55.5 Å². The third-order valence-electron chi connectivity index (χ3n) is 7.93. The Morgan fingerprint density at radius 3 is 1.93 bits per heavy atom. The zero-order valence-corrected chi connectivity index (χ0v) is 30.1. The molecule has 6 aromatic rings. The van der Waals surface area contributed by atoms with Gasteiger partial charge in [0.2, 0.25) is 0 Å². The van der Waals surface area contributed by atoms with Crippen LogP contribution in [0.15, 0.2) is 45.3 Å². The lowest BCUT2D eigenvalue weighted by Gasteiger charge is -2.30. The molecule has 222 valence electrons. The summed E-state index contributed by atoms with van der Waals surface area (Å²) in [7, 11) is 0. The smallest absolute Gasteiger partial charge is 0.127 e. The highest BCUT2D eigenvalue weighted by atomic mass is 79.9. The molecule has 2 aromatic carbocycles. The average molecular weight is 775 g/mol. The van der Waals surface area contributed by atoms with E-state index in [1.54, 1.807) is 45.3 Å². The fourth-order valence-electron chi connectivity index (χ4n) is 5.73. The second kappa shape index (κ2) is 12.1. The topological polar surface area (TPSA) is 93.1 Å². The Hall–Kier alpha value is -1.90. The fourth-order valence-corrected chi connectivity index (χ4v) is 10.9. The van der Waals surface area contributed by atoms with Gasteiger partial charge in [0.1, 0.15) is 10.0 Å². The maximum Gasteiger partial charge on any atom is 0.127 e. The maximum atomic E-state index is 6.38. The van der Waals surface area contributed by atoms with Crippen LogP contribution in [0.5, 0.6) is 0 Å². The number of nitrogens with one attached hydrogen (secondary N) is 1. The molecular weight excluding hydrogens is 744 g/mol. The Morgan fingerprint density at radius 2 is 1.35 bits per heavy atom. The fraction of sp³-hybridized carbons (Fsp3) is 0.290. The number of aromatic nitrogens is 2. The lowest BCUT2D eigenvalue weighted by Crippen LogP contribution is -2.35. The van der Waals surface area contributed by atoms with Crippen molar-refractivity contribution in [3.8, 4) is 21.1 Å². The van der Waals surface area contributed by atoms with Crippen LogP contribution in [0.1, 0.15) is 34.7 Å². The normalized spacial score (nSPS) is 15.1. The van der Waals surface area contributed by atoms with E-state index in [-0.39, 0.29) is 0 Å². The summed E-state index contributed by atoms with van der Waals surface area (Å²) >= 11 is 13.9. The first-order chi connectivity index (χ1) is 20.7. The summed E-state index contributed by atoms with van der Waals surface area (Å²) < 4.78 is 4.54. The second-order valence-electron chi connectivity index (χ2n) is 11.0. The molecule has 2 aliphatic heterocycles. The molecule has 0 aliphatic carbocycles. The minimum atomic E-state index is 0.578. The van der Waals surface area contributed by atoms with Gasteiger partial charge in [-0.1, -0.05) is 31.9 Å². The van der Waals surface area contributed by atoms with E-state index in [1.165, 1.54) is 41.4 Å². The summed E-state index contributed by atoms with van der Waals surface area (Å²) in [6.07, 6.45) is 2.11. The number of hydrogen-bond acceptors (Lipinski definition) is 10. The molecule has 8 rings (SSSR count). The molecule has 43 heavy (non-hydrogen) atoms. The number of nitrogen functional groups attached to an aromatic ring is 2. The number of thiazole rings is 2. The van der Waals surface area contributed by atoms with Gasteiger partial charge in [0.15, 0.2) is 0 Å². The van der Waals surface area contributed by atoms with E-state index in [0.29, 0.717) is 6.04 Å². The van der Waals surface area contributed by atoms with E-state index in [1.807, 2.05) is 0 Å². The molecule has 2 aliphatic rings. The minimum absolute atomic E-state index is 0.578. The number of anilines is 2. The first kappa shape index (κ1) is 29.8. The number of hydrogen-bond donors (Lipinski definition) is 3. The van der Waals surface area contributed by atoms with Crippen molar-refractivity contribution < 1.29 is 0 Å². The summed E-state index contributed by atoms with van der Waals surface area (Å²) in [6.45, 7) is 8.58. The molecule has 0 bridgehead atoms. The third-order valence-corrected chi connectivity index (χ3v) is 13.1. The number of rotatable bonds is 3. The van der Waals surface area contributed by atoms with Crippen molar-refractivity contribution in [2.75, 3.05) is 24.6 Å². The third kappa shape index (κ3) is 5.81. The van der Waals surface area contributed by atoms with Gasteiger partial charge in [-0.25, -0.2) is 9.97 Å². The Morgan fingerprint density at radius 1 is 0.791 bits per heavy atom. The number of nitrogens with zero attached hydrogens (tertiary/aromatic N) is 3. The van der Waals surface area contributed by atoms with Gasteiger partial charge in [0.25, 0.3) is 0 Å². The van der Waals surface area contributed by atoms with Crippen molar-refractivity contribution in [3.05, 3.63) is 66.2 Å². The Balaban J connectivity index is 0.000000141. The van der Waals surface area contributed by atoms with Crippen molar-refractivity contribution in [2.45, 2.75) is 45.8 Å². The van der Waals surface area contributed by atoms with E-state index < -0.39 is 0 Å². The SMILES string of the molecule is CC(C)N1CCc2c(sc(N)c2-c2nc3cc(Br)ccc3s2)C1.Nc1sc2c(c1-c1nc3cc(Br)ccc3s1)CCNC2. The van der Waals surface area contributed by atoms with Crippen molar-refractivity contribution in [3.63, 3.8) is 0 Å². The molecule has 6 nitrogen and oxygen atoms in total. The second-order valence-corrected chi connectivity index (χ2v) is 17.2. The van der Waals surface area contributed by atoms with Crippen LogP contribution < -0.4 is 16.8 Å². The van der Waals surface area contributed by atoms with Gasteiger partial charge in [-0.05, 0) is 80.8 Å². The van der Waals surface area contributed by atoms with Crippen LogP contribution in [0.3, 0.4) is 0 Å². The molecular formula is C31H30Br2N6S4. The zero-order chi connectivity index (χ0) is 29.8. The molecule has 4 aromatic heterocycles. The number of nitrogens with two attached hydrogens (primary N) is 2. The highest BCUT2D eigenvalue weighted by Crippen LogP contribution is 2.45. The van der Waals surface area contributed by atoms with E-state index in [9.17, 15) is 0 Å². The first-order valence-corrected chi connectivity index (χ1v) is 19.0. The lowest BCUT2D eigenvalue weighted by molar-refractivity contribution is 0.206. The van der Waals surface area contributed by atoms with Crippen LogP contribution in [-0.2, 0) is 25.9 Å². The average Bonchev–Trinajstić information content (AvgIpc) is 3.73.